The van der Waals surface area contributed by atoms with Crippen LogP contribution in [0.15, 0.2) is 30.3 Å². The molecule has 1 aromatic rings. The summed E-state index contributed by atoms with van der Waals surface area (Å²) in [6.07, 6.45) is 0. The quantitative estimate of drug-likeness (QED) is 0.732. The van der Waals surface area contributed by atoms with Crippen molar-refractivity contribution in [2.45, 2.75) is 6.04 Å². The number of carbonyl (C=O) groups excluding carboxylic acids is 1. The summed E-state index contributed by atoms with van der Waals surface area (Å²) >= 11 is 3.82. The van der Waals surface area contributed by atoms with Gasteiger partial charge in [-0.3, -0.25) is 4.79 Å². The van der Waals surface area contributed by atoms with E-state index in [9.17, 15) is 4.79 Å². The van der Waals surface area contributed by atoms with Crippen molar-refractivity contribution in [3.8, 4) is 6.07 Å². The van der Waals surface area contributed by atoms with Gasteiger partial charge in [0.25, 0.3) is 0 Å². The van der Waals surface area contributed by atoms with E-state index in [0.29, 0.717) is 0 Å². The molecule has 0 aromatic heterocycles. The lowest BCUT2D eigenvalue weighted by Gasteiger charge is -2.10. The predicted octanol–water partition coefficient (Wildman–Crippen LogP) is 1.30. The van der Waals surface area contributed by atoms with Gasteiger partial charge >= 0.3 is 0 Å². The molecule has 0 aliphatic rings. The minimum absolute atomic E-state index is 0.0883. The van der Waals surface area contributed by atoms with Gasteiger partial charge in [0.15, 0.2) is 0 Å². The van der Waals surface area contributed by atoms with Crippen molar-refractivity contribution in [3.63, 3.8) is 0 Å². The van der Waals surface area contributed by atoms with Crippen LogP contribution in [-0.4, -0.2) is 11.7 Å². The van der Waals surface area contributed by atoms with E-state index in [1.807, 2.05) is 24.3 Å². The van der Waals surface area contributed by atoms with Gasteiger partial charge in [0.2, 0.25) is 5.91 Å². The fourth-order valence-electron chi connectivity index (χ4n) is 1.04. The maximum absolute atomic E-state index is 11.0. The van der Waals surface area contributed by atoms with Crippen molar-refractivity contribution in [1.29, 1.82) is 5.26 Å². The lowest BCUT2D eigenvalue weighted by atomic mass is 10.1. The molecule has 0 fully saturated rings. The summed E-state index contributed by atoms with van der Waals surface area (Å²) in [4.78, 5) is 11.0. The van der Waals surface area contributed by atoms with Crippen molar-refractivity contribution in [1.82, 2.24) is 5.32 Å². The van der Waals surface area contributed by atoms with E-state index in [1.165, 1.54) is 0 Å². The summed E-state index contributed by atoms with van der Waals surface area (Å²) < 4.78 is 0. The smallest absolute Gasteiger partial charge is 0.231 e. The molecule has 3 nitrogen and oxygen atoms in total. The molecule has 0 spiro atoms. The van der Waals surface area contributed by atoms with Gasteiger partial charge in [-0.15, -0.1) is 0 Å². The summed E-state index contributed by atoms with van der Waals surface area (Å²) in [5, 5.41) is 11.4. The molecule has 0 aliphatic carbocycles. The zero-order chi connectivity index (χ0) is 10.4. The zero-order valence-corrected chi connectivity index (χ0v) is 8.37. The Morgan fingerprint density at radius 3 is 2.64 bits per heavy atom. The third-order valence-electron chi connectivity index (χ3n) is 1.71. The highest BCUT2D eigenvalue weighted by Gasteiger charge is 2.11. The van der Waals surface area contributed by atoms with Gasteiger partial charge < -0.3 is 5.32 Å². The SMILES string of the molecule is N#CC(NC(=O)CS)c1ccccc1. The maximum atomic E-state index is 11.0. The normalized spacial score (nSPS) is 11.4. The lowest BCUT2D eigenvalue weighted by molar-refractivity contribution is -0.118. The molecule has 1 atom stereocenters. The number of nitrogens with zero attached hydrogens (tertiary/aromatic N) is 1. The standard InChI is InChI=1S/C10H10N2OS/c11-6-9(12-10(13)7-14)8-4-2-1-3-5-8/h1-5,9,14H,7H2,(H,12,13). The number of hydrogen-bond donors (Lipinski definition) is 2. The number of carbonyl (C=O) groups is 1. The Hall–Kier alpha value is -1.47. The van der Waals surface area contributed by atoms with Gasteiger partial charge in [0.1, 0.15) is 6.04 Å². The number of nitriles is 1. The molecule has 0 saturated carbocycles. The van der Waals surface area contributed by atoms with Gasteiger partial charge in [-0.05, 0) is 5.56 Å². The molecular weight excluding hydrogens is 196 g/mol. The molecule has 1 amide bonds. The van der Waals surface area contributed by atoms with E-state index in [-0.39, 0.29) is 11.7 Å². The van der Waals surface area contributed by atoms with Crippen LogP contribution in [0.2, 0.25) is 0 Å². The summed E-state index contributed by atoms with van der Waals surface area (Å²) in [5.74, 6) is -0.158. The van der Waals surface area contributed by atoms with Gasteiger partial charge in [0.05, 0.1) is 11.8 Å². The third-order valence-corrected chi connectivity index (χ3v) is 2.00. The van der Waals surface area contributed by atoms with Crippen LogP contribution in [0.1, 0.15) is 11.6 Å². The monoisotopic (exact) mass is 206 g/mol. The second-order valence-corrected chi connectivity index (χ2v) is 3.01. The van der Waals surface area contributed by atoms with Crippen LogP contribution in [0.3, 0.4) is 0 Å². The molecule has 0 saturated heterocycles. The number of benzene rings is 1. The number of thiol groups is 1. The minimum atomic E-state index is -0.587. The van der Waals surface area contributed by atoms with E-state index < -0.39 is 6.04 Å². The van der Waals surface area contributed by atoms with Crippen LogP contribution in [0, 0.1) is 11.3 Å². The zero-order valence-electron chi connectivity index (χ0n) is 7.47. The van der Waals surface area contributed by atoms with Crippen molar-refractivity contribution in [2.75, 3.05) is 5.75 Å². The number of amides is 1. The first-order valence-electron chi connectivity index (χ1n) is 4.12. The van der Waals surface area contributed by atoms with Crippen molar-refractivity contribution >= 4 is 18.5 Å². The van der Waals surface area contributed by atoms with Crippen molar-refractivity contribution < 1.29 is 4.79 Å². The molecule has 1 rings (SSSR count). The first-order chi connectivity index (χ1) is 6.77. The fraction of sp³-hybridized carbons (Fsp3) is 0.200. The lowest BCUT2D eigenvalue weighted by Crippen LogP contribution is -2.28. The molecule has 4 heteroatoms. The van der Waals surface area contributed by atoms with E-state index >= 15 is 0 Å². The molecule has 0 radical (unpaired) electrons. The van der Waals surface area contributed by atoms with Crippen LogP contribution in [-0.2, 0) is 4.79 Å². The third kappa shape index (κ3) is 2.79. The minimum Gasteiger partial charge on any atom is -0.336 e. The maximum Gasteiger partial charge on any atom is 0.231 e. The molecule has 0 heterocycles. The summed E-state index contributed by atoms with van der Waals surface area (Å²) in [7, 11) is 0. The van der Waals surface area contributed by atoms with E-state index in [2.05, 4.69) is 17.9 Å². The molecule has 0 aliphatic heterocycles. The number of rotatable bonds is 3. The second-order valence-electron chi connectivity index (χ2n) is 2.70. The highest BCUT2D eigenvalue weighted by Crippen LogP contribution is 2.10. The van der Waals surface area contributed by atoms with Crippen molar-refractivity contribution in [2.24, 2.45) is 0 Å². The first-order valence-corrected chi connectivity index (χ1v) is 4.76. The second kappa shape index (κ2) is 5.30. The highest BCUT2D eigenvalue weighted by atomic mass is 32.1. The number of hydrogen-bond acceptors (Lipinski definition) is 3. The largest absolute Gasteiger partial charge is 0.336 e. The van der Waals surface area contributed by atoms with Crippen LogP contribution in [0.4, 0.5) is 0 Å². The number of nitrogens with one attached hydrogen (secondary N) is 1. The molecule has 72 valence electrons. The van der Waals surface area contributed by atoms with Crippen LogP contribution in [0.25, 0.3) is 0 Å². The Balaban J connectivity index is 2.74. The van der Waals surface area contributed by atoms with E-state index in [1.54, 1.807) is 12.1 Å². The van der Waals surface area contributed by atoms with Crippen LogP contribution >= 0.6 is 12.6 Å². The topological polar surface area (TPSA) is 52.9 Å². The molecule has 14 heavy (non-hydrogen) atoms. The fourth-order valence-corrected chi connectivity index (χ4v) is 1.13. The first kappa shape index (κ1) is 10.6. The predicted molar refractivity (Wildman–Crippen MR) is 56.8 cm³/mol. The molecular formula is C10H10N2OS. The van der Waals surface area contributed by atoms with Crippen LogP contribution in [0.5, 0.6) is 0 Å². The van der Waals surface area contributed by atoms with E-state index in [4.69, 9.17) is 5.26 Å². The highest BCUT2D eigenvalue weighted by molar-refractivity contribution is 7.81. The van der Waals surface area contributed by atoms with Gasteiger partial charge in [0, 0.05) is 0 Å². The average molecular weight is 206 g/mol. The summed E-state index contributed by atoms with van der Waals surface area (Å²) in [5.41, 5.74) is 0.783. The Morgan fingerprint density at radius 2 is 2.14 bits per heavy atom. The Morgan fingerprint density at radius 1 is 1.50 bits per heavy atom. The molecule has 1 N–H and O–H groups in total. The average Bonchev–Trinajstić information content (AvgIpc) is 2.26. The molecule has 1 unspecified atom stereocenters. The van der Waals surface area contributed by atoms with Gasteiger partial charge in [-0.1, -0.05) is 30.3 Å². The van der Waals surface area contributed by atoms with Gasteiger partial charge in [-0.2, -0.15) is 17.9 Å². The van der Waals surface area contributed by atoms with Crippen LogP contribution < -0.4 is 5.32 Å². The Labute approximate surface area is 88.2 Å². The Kier molecular flexibility index (Phi) is 4.02. The van der Waals surface area contributed by atoms with Gasteiger partial charge in [-0.25, -0.2) is 0 Å². The Bertz CT molecular complexity index is 345. The van der Waals surface area contributed by atoms with Crippen molar-refractivity contribution in [3.05, 3.63) is 35.9 Å². The van der Waals surface area contributed by atoms with E-state index in [0.717, 1.165) is 5.56 Å². The summed E-state index contributed by atoms with van der Waals surface area (Å²) in [6.45, 7) is 0. The molecule has 1 aromatic carbocycles. The summed E-state index contributed by atoms with van der Waals surface area (Å²) in [6, 6.07) is 10.5. The molecule has 0 bridgehead atoms.